The number of carbonyl (C=O) groups excluding carboxylic acids is 1. The lowest BCUT2D eigenvalue weighted by Crippen LogP contribution is -2.46. The van der Waals surface area contributed by atoms with Crippen molar-refractivity contribution >= 4 is 33.4 Å². The Morgan fingerprint density at radius 2 is 1.75 bits per heavy atom. The second kappa shape index (κ2) is 7.56. The summed E-state index contributed by atoms with van der Waals surface area (Å²) in [5.41, 5.74) is 5.16. The molecule has 2 aromatic rings. The highest BCUT2D eigenvalue weighted by Crippen LogP contribution is 2.32. The highest BCUT2D eigenvalue weighted by Gasteiger charge is 2.41. The molecule has 2 aliphatic rings. The minimum absolute atomic E-state index is 0.0585. The second-order valence-corrected chi connectivity index (χ2v) is 8.27. The van der Waals surface area contributed by atoms with Crippen LogP contribution in [0.1, 0.15) is 28.8 Å². The normalized spacial score (nSPS) is 18.0. The molecule has 146 valence electrons. The fraction of sp³-hybridized carbons (Fsp3) is 0.333. The largest absolute Gasteiger partial charge is 0.378 e. The lowest BCUT2D eigenvalue weighted by atomic mass is 10.00. The van der Waals surface area contributed by atoms with Crippen molar-refractivity contribution in [2.75, 3.05) is 32.1 Å². The molecule has 1 spiro atoms. The molecule has 4 rings (SSSR count). The van der Waals surface area contributed by atoms with E-state index in [1.165, 1.54) is 0 Å². The Hall–Kier alpha value is -2.38. The number of carbonyl (C=O) groups is 1. The number of hydrogen-bond acceptors (Lipinski definition) is 5. The Kier molecular flexibility index (Phi) is 5.12. The van der Waals surface area contributed by atoms with Crippen LogP contribution < -0.4 is 10.4 Å². The van der Waals surface area contributed by atoms with Crippen LogP contribution in [0.3, 0.4) is 0 Å². The number of piperidine rings is 1. The maximum atomic E-state index is 12.8. The summed E-state index contributed by atoms with van der Waals surface area (Å²) in [7, 11) is 3.97. The number of hydrogen-bond donors (Lipinski definition) is 1. The van der Waals surface area contributed by atoms with Crippen LogP contribution in [0.25, 0.3) is 0 Å². The quantitative estimate of drug-likeness (QED) is 0.790. The Morgan fingerprint density at radius 1 is 1.11 bits per heavy atom. The molecular weight excluding hydrogens is 420 g/mol. The number of aliphatic imine (C=N–C) groups is 1. The van der Waals surface area contributed by atoms with Crippen LogP contribution >= 0.6 is 15.9 Å². The molecule has 0 atom stereocenters. The first-order valence-corrected chi connectivity index (χ1v) is 10.1. The van der Waals surface area contributed by atoms with E-state index in [2.05, 4.69) is 21.4 Å². The van der Waals surface area contributed by atoms with E-state index in [4.69, 9.17) is 9.83 Å². The molecule has 1 amide bonds. The lowest BCUT2D eigenvalue weighted by Gasteiger charge is -2.35. The topological polar surface area (TPSA) is 57.2 Å². The first-order valence-electron chi connectivity index (χ1n) is 9.32. The summed E-state index contributed by atoms with van der Waals surface area (Å²) >= 11 is 3.44. The van der Waals surface area contributed by atoms with Crippen molar-refractivity contribution in [1.29, 1.82) is 0 Å². The number of anilines is 1. The molecule has 7 heteroatoms. The van der Waals surface area contributed by atoms with E-state index >= 15 is 0 Å². The minimum atomic E-state index is -0.589. The van der Waals surface area contributed by atoms with E-state index in [-0.39, 0.29) is 5.91 Å². The highest BCUT2D eigenvalue weighted by atomic mass is 79.9. The van der Waals surface area contributed by atoms with Gasteiger partial charge in [-0.15, -0.1) is 0 Å². The van der Waals surface area contributed by atoms with Crippen molar-refractivity contribution in [2.24, 2.45) is 4.99 Å². The summed E-state index contributed by atoms with van der Waals surface area (Å²) in [5, 5.41) is 0. The van der Waals surface area contributed by atoms with Gasteiger partial charge in [0.15, 0.2) is 11.6 Å². The van der Waals surface area contributed by atoms with Crippen LogP contribution in [0.5, 0.6) is 0 Å². The summed E-state index contributed by atoms with van der Waals surface area (Å²) in [5.74, 6) is 0.801. The van der Waals surface area contributed by atoms with Crippen molar-refractivity contribution in [2.45, 2.75) is 18.6 Å². The molecule has 0 bridgehead atoms. The van der Waals surface area contributed by atoms with E-state index in [1.807, 2.05) is 72.4 Å². The molecule has 0 unspecified atom stereocenters. The van der Waals surface area contributed by atoms with Crippen molar-refractivity contribution in [3.05, 3.63) is 64.1 Å². The van der Waals surface area contributed by atoms with E-state index in [0.29, 0.717) is 31.5 Å². The summed E-state index contributed by atoms with van der Waals surface area (Å²) in [4.78, 5) is 27.4. The van der Waals surface area contributed by atoms with E-state index in [0.717, 1.165) is 21.6 Å². The predicted octanol–water partition coefficient (Wildman–Crippen LogP) is 3.43. The molecule has 1 fully saturated rings. The van der Waals surface area contributed by atoms with Crippen molar-refractivity contribution in [3.63, 3.8) is 0 Å². The maximum absolute atomic E-state index is 12.8. The van der Waals surface area contributed by atoms with Gasteiger partial charge in [-0.2, -0.15) is 0 Å². The molecule has 0 saturated carbocycles. The molecule has 28 heavy (non-hydrogen) atoms. The molecule has 1 saturated heterocycles. The van der Waals surface area contributed by atoms with Gasteiger partial charge in [-0.3, -0.25) is 4.79 Å². The zero-order valence-electron chi connectivity index (χ0n) is 16.0. The summed E-state index contributed by atoms with van der Waals surface area (Å²) in [6, 6.07) is 15.7. The first kappa shape index (κ1) is 19.0. The zero-order chi connectivity index (χ0) is 19.7. The first-order chi connectivity index (χ1) is 13.5. The van der Waals surface area contributed by atoms with E-state index < -0.39 is 5.72 Å². The second-order valence-electron chi connectivity index (χ2n) is 7.35. The number of amidine groups is 1. The Labute approximate surface area is 173 Å². The Bertz CT molecular complexity index is 886. The zero-order valence-corrected chi connectivity index (χ0v) is 17.6. The van der Waals surface area contributed by atoms with Gasteiger partial charge < -0.3 is 9.80 Å². The third kappa shape index (κ3) is 3.77. The van der Waals surface area contributed by atoms with Crippen molar-refractivity contribution < 1.29 is 9.63 Å². The minimum Gasteiger partial charge on any atom is -0.378 e. The fourth-order valence-electron chi connectivity index (χ4n) is 3.48. The van der Waals surface area contributed by atoms with Crippen LogP contribution in [-0.4, -0.2) is 49.6 Å². The summed E-state index contributed by atoms with van der Waals surface area (Å²) < 4.78 is 1.02. The van der Waals surface area contributed by atoms with E-state index in [9.17, 15) is 4.79 Å². The number of benzene rings is 2. The highest BCUT2D eigenvalue weighted by molar-refractivity contribution is 9.10. The molecular formula is C21H23BrN4O2. The lowest BCUT2D eigenvalue weighted by molar-refractivity contribution is -0.0849. The van der Waals surface area contributed by atoms with Gasteiger partial charge in [-0.1, -0.05) is 28.1 Å². The third-order valence-corrected chi connectivity index (χ3v) is 5.76. The number of likely N-dealkylation sites (tertiary alicyclic amines) is 1. The van der Waals surface area contributed by atoms with Crippen LogP contribution in [0, 0.1) is 0 Å². The van der Waals surface area contributed by atoms with Gasteiger partial charge >= 0.3 is 0 Å². The van der Waals surface area contributed by atoms with Crippen LogP contribution in [0.15, 0.2) is 58.0 Å². The SMILES string of the molecule is CN(C)c1ccc(C(=O)N2CCC3(CC2)N=C(c2ccc(Br)cc2)NO3)cc1. The van der Waals surface area contributed by atoms with Crippen molar-refractivity contribution in [1.82, 2.24) is 10.4 Å². The molecule has 0 aromatic heterocycles. The standard InChI is InChI=1S/C21H23BrN4O2/c1-25(2)18-9-5-16(6-10-18)20(27)26-13-11-21(12-14-26)23-19(24-28-21)15-3-7-17(22)8-4-15/h3-10H,11-14H2,1-2H3,(H,23,24). The summed E-state index contributed by atoms with van der Waals surface area (Å²) in [6.45, 7) is 1.24. The third-order valence-electron chi connectivity index (χ3n) is 5.23. The molecule has 1 N–H and O–H groups in total. The van der Waals surface area contributed by atoms with Crippen LogP contribution in [-0.2, 0) is 4.84 Å². The van der Waals surface area contributed by atoms with Crippen molar-refractivity contribution in [3.8, 4) is 0 Å². The molecule has 2 heterocycles. The van der Waals surface area contributed by atoms with Gasteiger partial charge in [0.25, 0.3) is 5.91 Å². The number of amides is 1. The smallest absolute Gasteiger partial charge is 0.253 e. The molecule has 0 radical (unpaired) electrons. The number of nitrogens with one attached hydrogen (secondary N) is 1. The van der Waals surface area contributed by atoms with Gasteiger partial charge in [0.05, 0.1) is 0 Å². The average Bonchev–Trinajstić information content (AvgIpc) is 3.12. The molecule has 2 aliphatic heterocycles. The van der Waals surface area contributed by atoms with Crippen LogP contribution in [0.4, 0.5) is 5.69 Å². The predicted molar refractivity (Wildman–Crippen MR) is 114 cm³/mol. The monoisotopic (exact) mass is 442 g/mol. The number of nitrogens with zero attached hydrogens (tertiary/aromatic N) is 3. The fourth-order valence-corrected chi connectivity index (χ4v) is 3.75. The Morgan fingerprint density at radius 3 is 2.36 bits per heavy atom. The number of rotatable bonds is 3. The molecule has 6 nitrogen and oxygen atoms in total. The maximum Gasteiger partial charge on any atom is 0.253 e. The van der Waals surface area contributed by atoms with Gasteiger partial charge in [0.2, 0.25) is 0 Å². The van der Waals surface area contributed by atoms with Crippen LogP contribution in [0.2, 0.25) is 0 Å². The molecule has 2 aromatic carbocycles. The average molecular weight is 443 g/mol. The molecule has 0 aliphatic carbocycles. The number of hydroxylamine groups is 1. The van der Waals surface area contributed by atoms with Gasteiger partial charge in [0.1, 0.15) is 0 Å². The van der Waals surface area contributed by atoms with Gasteiger partial charge in [0, 0.05) is 61.3 Å². The van der Waals surface area contributed by atoms with Gasteiger partial charge in [-0.05, 0) is 36.4 Å². The Balaban J connectivity index is 1.41. The number of halogens is 1. The van der Waals surface area contributed by atoms with E-state index in [1.54, 1.807) is 0 Å². The summed E-state index contributed by atoms with van der Waals surface area (Å²) in [6.07, 6.45) is 1.34. The van der Waals surface area contributed by atoms with Gasteiger partial charge in [-0.25, -0.2) is 15.3 Å².